The Morgan fingerprint density at radius 3 is 2.00 bits per heavy atom. The van der Waals surface area contributed by atoms with Gasteiger partial charge in [0, 0.05) is 11.6 Å². The molecule has 0 aromatic heterocycles. The van der Waals surface area contributed by atoms with Crippen LogP contribution in [0.5, 0.6) is 0 Å². The Balaban J connectivity index is 2.01. The van der Waals surface area contributed by atoms with Crippen molar-refractivity contribution in [3.8, 4) is 11.1 Å². The van der Waals surface area contributed by atoms with Crippen molar-refractivity contribution in [1.29, 1.82) is 0 Å². The molecule has 0 fully saturated rings. The molecule has 0 aliphatic heterocycles. The Labute approximate surface area is 227 Å². The van der Waals surface area contributed by atoms with E-state index in [1.807, 2.05) is 50.2 Å². The van der Waals surface area contributed by atoms with Gasteiger partial charge in [0.1, 0.15) is 9.92 Å². The molecule has 0 heterocycles. The van der Waals surface area contributed by atoms with Crippen molar-refractivity contribution < 1.29 is 9.00 Å². The van der Waals surface area contributed by atoms with E-state index in [2.05, 4.69) is 50.3 Å². The monoisotopic (exact) mass is 539 g/mol. The highest BCUT2D eigenvalue weighted by Crippen LogP contribution is 2.35. The van der Waals surface area contributed by atoms with Gasteiger partial charge in [-0.25, -0.2) is 9.35 Å². The lowest BCUT2D eigenvalue weighted by molar-refractivity contribution is -0.117. The number of halogens is 1. The smallest absolute Gasteiger partial charge is 0.259 e. The van der Waals surface area contributed by atoms with Crippen LogP contribution >= 0.6 is 11.6 Å². The summed E-state index contributed by atoms with van der Waals surface area (Å²) in [5.41, 5.74) is 7.24. The molecular formula is C30H38ClN3O2S. The maximum Gasteiger partial charge on any atom is 0.259 e. The van der Waals surface area contributed by atoms with Crippen LogP contribution in [-0.2, 0) is 27.7 Å². The van der Waals surface area contributed by atoms with Crippen LogP contribution in [-0.4, -0.2) is 29.1 Å². The van der Waals surface area contributed by atoms with Crippen LogP contribution in [0.25, 0.3) is 11.1 Å². The summed E-state index contributed by atoms with van der Waals surface area (Å²) in [5.74, 6) is -0.139. The van der Waals surface area contributed by atoms with E-state index in [1.165, 1.54) is 0 Å². The van der Waals surface area contributed by atoms with Gasteiger partial charge in [-0.05, 0) is 90.0 Å². The molecule has 0 spiro atoms. The second kappa shape index (κ2) is 11.9. The predicted molar refractivity (Wildman–Crippen MR) is 155 cm³/mol. The molecule has 1 atom stereocenters. The van der Waals surface area contributed by atoms with Crippen molar-refractivity contribution in [2.75, 3.05) is 14.1 Å². The molecule has 3 aromatic rings. The van der Waals surface area contributed by atoms with Gasteiger partial charge >= 0.3 is 0 Å². The normalized spacial score (nSPS) is 13.3. The third-order valence-corrected chi connectivity index (χ3v) is 8.22. The third kappa shape index (κ3) is 7.29. The van der Waals surface area contributed by atoms with Gasteiger partial charge < -0.3 is 4.90 Å². The molecule has 198 valence electrons. The topological polar surface area (TPSA) is 75.8 Å². The average Bonchev–Trinajstić information content (AvgIpc) is 2.80. The summed E-state index contributed by atoms with van der Waals surface area (Å²) in [7, 11) is 0.605. The van der Waals surface area contributed by atoms with Crippen molar-refractivity contribution in [2.24, 2.45) is 9.50 Å². The van der Waals surface area contributed by atoms with Crippen molar-refractivity contribution in [2.45, 2.75) is 64.3 Å². The molecule has 3 rings (SSSR count). The number of nitrogens with two attached hydrogens (primary N) is 1. The van der Waals surface area contributed by atoms with Gasteiger partial charge in [0.05, 0.1) is 11.3 Å². The summed E-state index contributed by atoms with van der Waals surface area (Å²) in [5, 5.41) is 6.81. The lowest BCUT2D eigenvalue weighted by atomic mass is 9.84. The number of carbonyl (C=O) groups is 1. The Kier molecular flexibility index (Phi) is 9.35. The van der Waals surface area contributed by atoms with E-state index in [9.17, 15) is 9.00 Å². The zero-order chi connectivity index (χ0) is 27.5. The molecule has 0 saturated carbocycles. The molecular weight excluding hydrogens is 502 g/mol. The summed E-state index contributed by atoms with van der Waals surface area (Å²) in [4.78, 5) is 15.5. The Morgan fingerprint density at radius 1 is 0.946 bits per heavy atom. The number of hydrogen-bond donors (Lipinski definition) is 1. The third-order valence-electron chi connectivity index (χ3n) is 6.39. The highest BCUT2D eigenvalue weighted by atomic mass is 35.5. The summed E-state index contributed by atoms with van der Waals surface area (Å²) in [6, 6.07) is 17.4. The number of amides is 1. The quantitative estimate of drug-likeness (QED) is 0.332. The Morgan fingerprint density at radius 2 is 1.51 bits per heavy atom. The SMILES string of the molecule is Cc1ccc(-c2cc(C(C)C)c(CC(=O)N=S(N)(=O)c3ccc(CN(C)C)cc3)c(C(C)C)c2)cc1Cl. The van der Waals surface area contributed by atoms with E-state index in [0.717, 1.165) is 50.5 Å². The van der Waals surface area contributed by atoms with Crippen molar-refractivity contribution in [3.63, 3.8) is 0 Å². The van der Waals surface area contributed by atoms with Crippen molar-refractivity contribution in [1.82, 2.24) is 4.90 Å². The second-order valence-electron chi connectivity index (χ2n) is 10.5. The molecule has 0 bridgehead atoms. The fourth-order valence-corrected chi connectivity index (χ4v) is 5.61. The summed E-state index contributed by atoms with van der Waals surface area (Å²) in [6.07, 6.45) is 0.0445. The van der Waals surface area contributed by atoms with Gasteiger partial charge in [0.25, 0.3) is 5.91 Å². The molecule has 0 radical (unpaired) electrons. The fraction of sp³-hybridized carbons (Fsp3) is 0.367. The zero-order valence-electron chi connectivity index (χ0n) is 22.8. The first kappa shape index (κ1) is 29.1. The summed E-state index contributed by atoms with van der Waals surface area (Å²) in [6.45, 7) is 11.2. The number of aryl methyl sites for hydroxylation is 1. The molecule has 0 saturated heterocycles. The van der Waals surface area contributed by atoms with Crippen LogP contribution in [0, 0.1) is 6.92 Å². The molecule has 7 heteroatoms. The lowest BCUT2D eigenvalue weighted by Crippen LogP contribution is -2.17. The minimum absolute atomic E-state index is 0.0445. The van der Waals surface area contributed by atoms with Gasteiger partial charge in [-0.15, -0.1) is 4.36 Å². The van der Waals surface area contributed by atoms with Gasteiger partial charge in [-0.1, -0.05) is 75.7 Å². The molecule has 1 unspecified atom stereocenters. The lowest BCUT2D eigenvalue weighted by Gasteiger charge is -2.21. The van der Waals surface area contributed by atoms with Gasteiger partial charge in [0.15, 0.2) is 0 Å². The van der Waals surface area contributed by atoms with E-state index >= 15 is 0 Å². The molecule has 1 amide bonds. The van der Waals surface area contributed by atoms with Crippen molar-refractivity contribution in [3.05, 3.63) is 87.4 Å². The van der Waals surface area contributed by atoms with Gasteiger partial charge in [-0.3, -0.25) is 4.79 Å². The first-order chi connectivity index (χ1) is 17.3. The maximum atomic E-state index is 13.2. The number of rotatable bonds is 8. The first-order valence-electron chi connectivity index (χ1n) is 12.5. The van der Waals surface area contributed by atoms with E-state index < -0.39 is 15.8 Å². The molecule has 2 N–H and O–H groups in total. The van der Waals surface area contributed by atoms with E-state index in [1.54, 1.807) is 12.1 Å². The highest BCUT2D eigenvalue weighted by Gasteiger charge is 2.20. The van der Waals surface area contributed by atoms with Crippen molar-refractivity contribution >= 4 is 27.4 Å². The van der Waals surface area contributed by atoms with E-state index in [0.29, 0.717) is 4.90 Å². The Hall–Kier alpha value is -2.51. The summed E-state index contributed by atoms with van der Waals surface area (Å²) >= 11 is 6.41. The van der Waals surface area contributed by atoms with Crippen LogP contribution < -0.4 is 5.14 Å². The highest BCUT2D eigenvalue weighted by molar-refractivity contribution is 7.91. The predicted octanol–water partition coefficient (Wildman–Crippen LogP) is 7.09. The van der Waals surface area contributed by atoms with E-state index in [4.69, 9.17) is 16.7 Å². The molecule has 0 aliphatic rings. The van der Waals surface area contributed by atoms with Crippen LogP contribution in [0.1, 0.15) is 67.3 Å². The Bertz CT molecular complexity index is 1370. The number of carbonyl (C=O) groups excluding carboxylic acids is 1. The minimum atomic E-state index is -3.35. The average molecular weight is 540 g/mol. The summed E-state index contributed by atoms with van der Waals surface area (Å²) < 4.78 is 17.2. The van der Waals surface area contributed by atoms with Gasteiger partial charge in [0.2, 0.25) is 0 Å². The molecule has 37 heavy (non-hydrogen) atoms. The maximum absolute atomic E-state index is 13.2. The molecule has 0 aliphatic carbocycles. The van der Waals surface area contributed by atoms with Crippen LogP contribution in [0.3, 0.4) is 0 Å². The number of nitrogens with zero attached hydrogens (tertiary/aromatic N) is 2. The zero-order valence-corrected chi connectivity index (χ0v) is 24.4. The minimum Gasteiger partial charge on any atom is -0.305 e. The van der Waals surface area contributed by atoms with Crippen LogP contribution in [0.15, 0.2) is 63.9 Å². The fourth-order valence-electron chi connectivity index (χ4n) is 4.43. The number of hydrogen-bond acceptors (Lipinski definition) is 3. The first-order valence-corrected chi connectivity index (χ1v) is 14.5. The number of benzene rings is 3. The van der Waals surface area contributed by atoms with Crippen LogP contribution in [0.2, 0.25) is 5.02 Å². The van der Waals surface area contributed by atoms with Crippen LogP contribution in [0.4, 0.5) is 0 Å². The van der Waals surface area contributed by atoms with Gasteiger partial charge in [-0.2, -0.15) is 0 Å². The molecule has 5 nitrogen and oxygen atoms in total. The standard InChI is InChI=1S/C30H38ClN3O2S/c1-19(2)26-14-24(23-11-8-21(5)29(31)16-23)15-27(20(3)4)28(26)17-30(35)33-37(32,36)25-12-9-22(10-13-25)18-34(6)7/h8-16,19-20H,17-18H2,1-7H3,(H2,32,33,35,36). The largest absolute Gasteiger partial charge is 0.305 e. The molecule has 3 aromatic carbocycles. The van der Waals surface area contributed by atoms with E-state index in [-0.39, 0.29) is 18.3 Å². The second-order valence-corrected chi connectivity index (χ2v) is 12.7.